The molecule has 0 radical (unpaired) electrons. The van der Waals surface area contributed by atoms with E-state index in [1.54, 1.807) is 13.0 Å². The van der Waals surface area contributed by atoms with E-state index in [0.717, 1.165) is 0 Å². The first kappa shape index (κ1) is 15.7. The lowest BCUT2D eigenvalue weighted by Gasteiger charge is -2.14. The van der Waals surface area contributed by atoms with Crippen molar-refractivity contribution in [3.63, 3.8) is 0 Å². The summed E-state index contributed by atoms with van der Waals surface area (Å²) < 4.78 is 0. The van der Waals surface area contributed by atoms with E-state index in [4.69, 9.17) is 5.11 Å². The number of aliphatic carboxylic acids is 1. The second-order valence-corrected chi connectivity index (χ2v) is 4.34. The first-order valence-electron chi connectivity index (χ1n) is 6.10. The highest BCUT2D eigenvalue weighted by molar-refractivity contribution is 5.94. The van der Waals surface area contributed by atoms with Crippen molar-refractivity contribution in [2.24, 2.45) is 0 Å². The summed E-state index contributed by atoms with van der Waals surface area (Å²) in [6.45, 7) is 5.52. The van der Waals surface area contributed by atoms with Crippen LogP contribution in [0.1, 0.15) is 12.0 Å². The summed E-state index contributed by atoms with van der Waals surface area (Å²) >= 11 is 0. The Balaban J connectivity index is 2.65. The van der Waals surface area contributed by atoms with Gasteiger partial charge >= 0.3 is 5.97 Å². The highest BCUT2D eigenvalue weighted by Gasteiger charge is 2.20. The number of aryl methyl sites for hydroxylation is 1. The summed E-state index contributed by atoms with van der Waals surface area (Å²) in [5.41, 5.74) is 1.24. The molecule has 0 aliphatic rings. The quantitative estimate of drug-likeness (QED) is 0.444. The molecule has 6 nitrogen and oxygen atoms in total. The van der Waals surface area contributed by atoms with Crippen LogP contribution >= 0.6 is 0 Å². The smallest absolute Gasteiger partial charge is 0.321 e. The maximum Gasteiger partial charge on any atom is 0.321 e. The summed E-state index contributed by atoms with van der Waals surface area (Å²) in [7, 11) is 0. The van der Waals surface area contributed by atoms with Gasteiger partial charge in [0.1, 0.15) is 11.8 Å². The third kappa shape index (κ3) is 4.74. The zero-order chi connectivity index (χ0) is 15.1. The minimum atomic E-state index is -1.09. The molecule has 0 aliphatic carbocycles. The normalized spacial score (nSPS) is 11.7. The van der Waals surface area contributed by atoms with Crippen molar-refractivity contribution in [2.75, 3.05) is 11.9 Å². The van der Waals surface area contributed by atoms with E-state index in [0.29, 0.717) is 17.8 Å². The number of carbonyl (C=O) groups is 2. The van der Waals surface area contributed by atoms with Crippen molar-refractivity contribution in [3.8, 4) is 5.75 Å². The molecule has 0 aliphatic heterocycles. The standard InChI is InChI=1S/C14H18N2O4/c1-3-6-15-12(14(19)20)8-13(18)16-11-5-4-10(17)7-9(11)2/h3-5,7,12,15,17H,1,6,8H2,2H3,(H,16,18)(H,19,20)/t12-/m0/s1. The number of carboxylic acids is 1. The Morgan fingerprint density at radius 2 is 2.15 bits per heavy atom. The summed E-state index contributed by atoms with van der Waals surface area (Å²) in [5, 5.41) is 23.6. The topological polar surface area (TPSA) is 98.7 Å². The van der Waals surface area contributed by atoms with Gasteiger partial charge in [-0.3, -0.25) is 9.59 Å². The number of aromatic hydroxyl groups is 1. The molecule has 0 unspecified atom stereocenters. The molecule has 4 N–H and O–H groups in total. The fourth-order valence-corrected chi connectivity index (χ4v) is 1.65. The fraction of sp³-hybridized carbons (Fsp3) is 0.286. The number of carbonyl (C=O) groups excluding carboxylic acids is 1. The molecule has 20 heavy (non-hydrogen) atoms. The van der Waals surface area contributed by atoms with Gasteiger partial charge in [0.15, 0.2) is 0 Å². The van der Waals surface area contributed by atoms with E-state index in [2.05, 4.69) is 17.2 Å². The molecule has 0 aromatic heterocycles. The number of rotatable bonds is 7. The average molecular weight is 278 g/mol. The number of nitrogens with one attached hydrogen (secondary N) is 2. The van der Waals surface area contributed by atoms with Crippen molar-refractivity contribution < 1.29 is 19.8 Å². The minimum Gasteiger partial charge on any atom is -0.508 e. The predicted octanol–water partition coefficient (Wildman–Crippen LogP) is 1.26. The Hall–Kier alpha value is -2.34. The van der Waals surface area contributed by atoms with Gasteiger partial charge in [-0.2, -0.15) is 0 Å². The molecule has 6 heteroatoms. The highest BCUT2D eigenvalue weighted by atomic mass is 16.4. The van der Waals surface area contributed by atoms with Crippen molar-refractivity contribution in [3.05, 3.63) is 36.4 Å². The molecular weight excluding hydrogens is 260 g/mol. The van der Waals surface area contributed by atoms with Crippen LogP contribution in [0.3, 0.4) is 0 Å². The summed E-state index contributed by atoms with van der Waals surface area (Å²) in [4.78, 5) is 22.8. The third-order valence-corrected chi connectivity index (χ3v) is 2.68. The van der Waals surface area contributed by atoms with E-state index in [1.165, 1.54) is 18.2 Å². The van der Waals surface area contributed by atoms with Gasteiger partial charge in [0.2, 0.25) is 5.91 Å². The van der Waals surface area contributed by atoms with Crippen LogP contribution in [0.4, 0.5) is 5.69 Å². The van der Waals surface area contributed by atoms with Crippen LogP contribution in [0, 0.1) is 6.92 Å². The molecule has 108 valence electrons. The molecule has 1 amide bonds. The minimum absolute atomic E-state index is 0.108. The first-order chi connectivity index (χ1) is 9.43. The van der Waals surface area contributed by atoms with Gasteiger partial charge in [-0.05, 0) is 30.7 Å². The number of anilines is 1. The van der Waals surface area contributed by atoms with Crippen LogP contribution < -0.4 is 10.6 Å². The van der Waals surface area contributed by atoms with E-state index in [-0.39, 0.29) is 12.2 Å². The molecule has 1 aromatic rings. The number of hydrogen-bond donors (Lipinski definition) is 4. The number of phenolic OH excluding ortho intramolecular Hbond substituents is 1. The Morgan fingerprint density at radius 1 is 1.45 bits per heavy atom. The molecule has 0 fully saturated rings. The van der Waals surface area contributed by atoms with E-state index >= 15 is 0 Å². The monoisotopic (exact) mass is 278 g/mol. The SMILES string of the molecule is C=CCN[C@@H](CC(=O)Nc1ccc(O)cc1C)C(=O)O. The van der Waals surface area contributed by atoms with Crippen molar-refractivity contribution in [1.82, 2.24) is 5.32 Å². The lowest BCUT2D eigenvalue weighted by molar-refractivity contribution is -0.140. The van der Waals surface area contributed by atoms with Crippen molar-refractivity contribution in [1.29, 1.82) is 0 Å². The number of benzene rings is 1. The second-order valence-electron chi connectivity index (χ2n) is 4.34. The maximum absolute atomic E-state index is 11.8. The molecule has 0 saturated heterocycles. The van der Waals surface area contributed by atoms with E-state index < -0.39 is 17.9 Å². The van der Waals surface area contributed by atoms with E-state index in [1.807, 2.05) is 0 Å². The summed E-state index contributed by atoms with van der Waals surface area (Å²) in [5.74, 6) is -1.40. The van der Waals surface area contributed by atoms with Crippen molar-refractivity contribution >= 4 is 17.6 Å². The molecule has 1 rings (SSSR count). The van der Waals surface area contributed by atoms with Gasteiger partial charge < -0.3 is 20.8 Å². The van der Waals surface area contributed by atoms with Gasteiger partial charge in [0.05, 0.1) is 6.42 Å². The van der Waals surface area contributed by atoms with Crippen molar-refractivity contribution in [2.45, 2.75) is 19.4 Å². The van der Waals surface area contributed by atoms with Gasteiger partial charge in [-0.1, -0.05) is 6.08 Å². The molecule has 0 bridgehead atoms. The Bertz CT molecular complexity index is 514. The Labute approximate surface area is 117 Å². The molecule has 1 atom stereocenters. The number of amides is 1. The number of phenols is 1. The fourth-order valence-electron chi connectivity index (χ4n) is 1.65. The Morgan fingerprint density at radius 3 is 2.70 bits per heavy atom. The molecule has 0 heterocycles. The average Bonchev–Trinajstić information content (AvgIpc) is 2.37. The number of hydrogen-bond acceptors (Lipinski definition) is 4. The lowest BCUT2D eigenvalue weighted by atomic mass is 10.1. The highest BCUT2D eigenvalue weighted by Crippen LogP contribution is 2.20. The summed E-state index contributed by atoms with van der Waals surface area (Å²) in [6.07, 6.45) is 1.33. The van der Waals surface area contributed by atoms with Crippen LogP contribution in [0.15, 0.2) is 30.9 Å². The van der Waals surface area contributed by atoms with Gasteiger partial charge in [-0.25, -0.2) is 0 Å². The molecule has 0 saturated carbocycles. The van der Waals surface area contributed by atoms with Crippen LogP contribution in [-0.4, -0.2) is 34.7 Å². The van der Waals surface area contributed by atoms with Crippen LogP contribution in [0.2, 0.25) is 0 Å². The third-order valence-electron chi connectivity index (χ3n) is 2.68. The molecular formula is C14H18N2O4. The second kappa shape index (κ2) is 7.30. The van der Waals surface area contributed by atoms with Crippen LogP contribution in [0.5, 0.6) is 5.75 Å². The molecule has 0 spiro atoms. The van der Waals surface area contributed by atoms with Gasteiger partial charge in [0, 0.05) is 12.2 Å². The molecule has 1 aromatic carbocycles. The maximum atomic E-state index is 11.8. The zero-order valence-electron chi connectivity index (χ0n) is 11.2. The lowest BCUT2D eigenvalue weighted by Crippen LogP contribution is -2.39. The van der Waals surface area contributed by atoms with E-state index in [9.17, 15) is 14.7 Å². The van der Waals surface area contributed by atoms with Gasteiger partial charge in [0.25, 0.3) is 0 Å². The first-order valence-corrected chi connectivity index (χ1v) is 6.10. The number of carboxylic acid groups (broad SMARTS) is 1. The Kier molecular flexibility index (Phi) is 5.74. The zero-order valence-corrected chi connectivity index (χ0v) is 11.2. The van der Waals surface area contributed by atoms with Crippen LogP contribution in [-0.2, 0) is 9.59 Å². The largest absolute Gasteiger partial charge is 0.508 e. The van der Waals surface area contributed by atoms with Gasteiger partial charge in [-0.15, -0.1) is 6.58 Å². The predicted molar refractivity (Wildman–Crippen MR) is 75.7 cm³/mol. The van der Waals surface area contributed by atoms with Crippen LogP contribution in [0.25, 0.3) is 0 Å². The summed E-state index contributed by atoms with van der Waals surface area (Å²) in [6, 6.07) is 3.56.